The van der Waals surface area contributed by atoms with Gasteiger partial charge in [-0.05, 0) is 29.8 Å². The van der Waals surface area contributed by atoms with E-state index in [2.05, 4.69) is 20.6 Å². The molecule has 0 atom stereocenters. The van der Waals surface area contributed by atoms with Gasteiger partial charge in [-0.1, -0.05) is 17.7 Å². The van der Waals surface area contributed by atoms with E-state index in [1.807, 2.05) is 12.3 Å². The summed E-state index contributed by atoms with van der Waals surface area (Å²) in [6.45, 7) is 0.768. The number of aromatic nitrogens is 6. The molecule has 0 aliphatic carbocycles. The van der Waals surface area contributed by atoms with Crippen molar-refractivity contribution in [1.82, 2.24) is 29.3 Å². The molecule has 10 heteroatoms. The van der Waals surface area contributed by atoms with Crippen molar-refractivity contribution < 1.29 is 9.18 Å². The largest absolute Gasteiger partial charge is 0.318 e. The van der Waals surface area contributed by atoms with Gasteiger partial charge < -0.3 is 5.32 Å². The Balaban J connectivity index is 1.39. The van der Waals surface area contributed by atoms with Crippen LogP contribution >= 0.6 is 11.6 Å². The summed E-state index contributed by atoms with van der Waals surface area (Å²) in [7, 11) is 0. The molecular formula is C18H15ClFN7O. The van der Waals surface area contributed by atoms with Crippen molar-refractivity contribution in [3.8, 4) is 0 Å². The minimum atomic E-state index is -0.394. The Labute approximate surface area is 164 Å². The lowest BCUT2D eigenvalue weighted by Crippen LogP contribution is -2.14. The number of hydrogen-bond donors (Lipinski definition) is 1. The topological polar surface area (TPSA) is 82.6 Å². The van der Waals surface area contributed by atoms with Gasteiger partial charge in [0.15, 0.2) is 5.69 Å². The lowest BCUT2D eigenvalue weighted by molar-refractivity contribution is 0.102. The van der Waals surface area contributed by atoms with E-state index >= 15 is 0 Å². The lowest BCUT2D eigenvalue weighted by Gasteiger charge is -2.04. The number of benzene rings is 1. The first kappa shape index (κ1) is 17.9. The van der Waals surface area contributed by atoms with Crippen molar-refractivity contribution in [3.63, 3.8) is 0 Å². The number of nitrogens with one attached hydrogen (secondary N) is 1. The zero-order valence-electron chi connectivity index (χ0n) is 14.5. The van der Waals surface area contributed by atoms with Crippen molar-refractivity contribution in [3.05, 3.63) is 83.4 Å². The highest BCUT2D eigenvalue weighted by Gasteiger charge is 2.12. The smallest absolute Gasteiger partial charge is 0.276 e. The molecule has 1 N–H and O–H groups in total. The number of rotatable bonds is 6. The van der Waals surface area contributed by atoms with E-state index in [1.54, 1.807) is 44.8 Å². The van der Waals surface area contributed by atoms with E-state index in [1.165, 1.54) is 18.3 Å². The predicted molar refractivity (Wildman–Crippen MR) is 101 cm³/mol. The SMILES string of the molecule is O=C(Nc1cnn(Cc2ccc(F)cc2Cl)c1)c1ccn(Cn2cccn2)n1. The second-order valence-corrected chi connectivity index (χ2v) is 6.45. The van der Waals surface area contributed by atoms with E-state index in [-0.39, 0.29) is 11.6 Å². The number of halogens is 2. The summed E-state index contributed by atoms with van der Waals surface area (Å²) in [5.41, 5.74) is 1.52. The Morgan fingerprint density at radius 1 is 1.14 bits per heavy atom. The molecule has 1 amide bonds. The second kappa shape index (κ2) is 7.65. The lowest BCUT2D eigenvalue weighted by atomic mass is 10.2. The van der Waals surface area contributed by atoms with E-state index in [0.29, 0.717) is 23.9 Å². The maximum atomic E-state index is 13.1. The number of carbonyl (C=O) groups is 1. The first-order valence-electron chi connectivity index (χ1n) is 8.35. The van der Waals surface area contributed by atoms with E-state index in [0.717, 1.165) is 5.56 Å². The number of anilines is 1. The molecule has 0 saturated carbocycles. The first-order chi connectivity index (χ1) is 13.6. The fourth-order valence-corrected chi connectivity index (χ4v) is 2.86. The highest BCUT2D eigenvalue weighted by molar-refractivity contribution is 6.31. The molecule has 3 heterocycles. The normalized spacial score (nSPS) is 10.9. The number of amides is 1. The van der Waals surface area contributed by atoms with Crippen LogP contribution in [0.15, 0.2) is 61.3 Å². The first-order valence-corrected chi connectivity index (χ1v) is 8.73. The Kier molecular flexibility index (Phi) is 4.90. The van der Waals surface area contributed by atoms with E-state index in [4.69, 9.17) is 11.6 Å². The van der Waals surface area contributed by atoms with Crippen LogP contribution in [0.2, 0.25) is 5.02 Å². The highest BCUT2D eigenvalue weighted by Crippen LogP contribution is 2.19. The molecule has 4 aromatic rings. The van der Waals surface area contributed by atoms with Gasteiger partial charge in [0.1, 0.15) is 12.5 Å². The Hall–Kier alpha value is -3.46. The van der Waals surface area contributed by atoms with Crippen LogP contribution in [-0.2, 0) is 13.2 Å². The summed E-state index contributed by atoms with van der Waals surface area (Å²) in [6, 6.07) is 7.63. The molecule has 0 spiro atoms. The monoisotopic (exact) mass is 399 g/mol. The van der Waals surface area contributed by atoms with Gasteiger partial charge in [-0.2, -0.15) is 15.3 Å². The third kappa shape index (κ3) is 4.09. The summed E-state index contributed by atoms with van der Waals surface area (Å²) >= 11 is 6.04. The standard InChI is InChI=1S/C18H15ClFN7O/c19-16-8-14(20)3-2-13(16)10-27-11-15(9-22-27)23-18(28)17-4-7-26(24-17)12-25-6-1-5-21-25/h1-9,11H,10,12H2,(H,23,28). The molecule has 0 unspecified atom stereocenters. The third-order valence-electron chi connectivity index (χ3n) is 3.96. The van der Waals surface area contributed by atoms with Crippen LogP contribution in [-0.4, -0.2) is 35.2 Å². The van der Waals surface area contributed by atoms with Gasteiger partial charge in [0.2, 0.25) is 0 Å². The average Bonchev–Trinajstić information content (AvgIpc) is 3.40. The molecule has 28 heavy (non-hydrogen) atoms. The number of hydrogen-bond acceptors (Lipinski definition) is 4. The van der Waals surface area contributed by atoms with Gasteiger partial charge >= 0.3 is 0 Å². The summed E-state index contributed by atoms with van der Waals surface area (Å²) < 4.78 is 18.0. The van der Waals surface area contributed by atoms with Gasteiger partial charge in [0.05, 0.1) is 18.4 Å². The summed E-state index contributed by atoms with van der Waals surface area (Å²) in [5.74, 6) is -0.743. The molecular weight excluding hydrogens is 385 g/mol. The molecule has 0 radical (unpaired) electrons. The zero-order chi connectivity index (χ0) is 19.5. The van der Waals surface area contributed by atoms with Gasteiger partial charge in [-0.15, -0.1) is 0 Å². The molecule has 3 aromatic heterocycles. The van der Waals surface area contributed by atoms with Crippen molar-refractivity contribution in [2.45, 2.75) is 13.2 Å². The summed E-state index contributed by atoms with van der Waals surface area (Å²) in [4.78, 5) is 12.4. The average molecular weight is 400 g/mol. The fourth-order valence-electron chi connectivity index (χ4n) is 2.63. The molecule has 142 valence electrons. The molecule has 8 nitrogen and oxygen atoms in total. The minimum Gasteiger partial charge on any atom is -0.318 e. The van der Waals surface area contributed by atoms with Gasteiger partial charge in [-0.3, -0.25) is 18.8 Å². The Bertz CT molecular complexity index is 1100. The van der Waals surface area contributed by atoms with Crippen molar-refractivity contribution in [2.24, 2.45) is 0 Å². The van der Waals surface area contributed by atoms with Crippen molar-refractivity contribution >= 4 is 23.2 Å². The number of carbonyl (C=O) groups excluding carboxylic acids is 1. The second-order valence-electron chi connectivity index (χ2n) is 6.04. The van der Waals surface area contributed by atoms with Crippen LogP contribution in [0.5, 0.6) is 0 Å². The molecule has 0 fully saturated rings. The quantitative estimate of drug-likeness (QED) is 0.540. The van der Waals surface area contributed by atoms with Crippen LogP contribution in [0.25, 0.3) is 0 Å². The highest BCUT2D eigenvalue weighted by atomic mass is 35.5. The molecule has 0 saturated heterocycles. The number of nitrogens with zero attached hydrogens (tertiary/aromatic N) is 6. The molecule has 1 aromatic carbocycles. The molecule has 0 aliphatic heterocycles. The molecule has 0 aliphatic rings. The van der Waals surface area contributed by atoms with E-state index < -0.39 is 5.82 Å². The fraction of sp³-hybridized carbons (Fsp3) is 0.111. The van der Waals surface area contributed by atoms with Crippen LogP contribution in [0.1, 0.15) is 16.1 Å². The van der Waals surface area contributed by atoms with Crippen molar-refractivity contribution in [1.29, 1.82) is 0 Å². The third-order valence-corrected chi connectivity index (χ3v) is 4.31. The van der Waals surface area contributed by atoms with E-state index in [9.17, 15) is 9.18 Å². The minimum absolute atomic E-state index is 0.279. The van der Waals surface area contributed by atoms with Crippen LogP contribution in [0.3, 0.4) is 0 Å². The van der Waals surface area contributed by atoms with Crippen molar-refractivity contribution in [2.75, 3.05) is 5.32 Å². The summed E-state index contributed by atoms with van der Waals surface area (Å²) in [6.07, 6.45) is 8.38. The molecule has 0 bridgehead atoms. The Morgan fingerprint density at radius 3 is 2.82 bits per heavy atom. The maximum Gasteiger partial charge on any atom is 0.276 e. The van der Waals surface area contributed by atoms with Gasteiger partial charge in [0, 0.05) is 29.8 Å². The molecule has 4 rings (SSSR count). The van der Waals surface area contributed by atoms with Gasteiger partial charge in [0.25, 0.3) is 5.91 Å². The predicted octanol–water partition coefficient (Wildman–Crippen LogP) is 2.88. The van der Waals surface area contributed by atoms with Crippen LogP contribution < -0.4 is 5.32 Å². The van der Waals surface area contributed by atoms with Crippen LogP contribution in [0, 0.1) is 5.82 Å². The van der Waals surface area contributed by atoms with Crippen LogP contribution in [0.4, 0.5) is 10.1 Å². The summed E-state index contributed by atoms with van der Waals surface area (Å²) in [5, 5.41) is 15.6. The zero-order valence-corrected chi connectivity index (χ0v) is 15.3. The maximum absolute atomic E-state index is 13.1. The van der Waals surface area contributed by atoms with Gasteiger partial charge in [-0.25, -0.2) is 4.39 Å². The Morgan fingerprint density at radius 2 is 2.04 bits per heavy atom.